The van der Waals surface area contributed by atoms with Gasteiger partial charge in [0.25, 0.3) is 17.7 Å². The number of aryl methyl sites for hydroxylation is 1. The number of rotatable bonds is 6. The molecule has 3 heterocycles. The third-order valence-electron chi connectivity index (χ3n) is 6.17. The number of aliphatic hydroxyl groups is 1. The average molecular weight is 536 g/mol. The molecule has 0 radical (unpaired) electrons. The number of ether oxygens (including phenoxy) is 1. The predicted octanol–water partition coefficient (Wildman–Crippen LogP) is 2.94. The number of benzene rings is 1. The quantitative estimate of drug-likeness (QED) is 0.527. The van der Waals surface area contributed by atoms with Crippen molar-refractivity contribution in [2.75, 3.05) is 31.7 Å². The van der Waals surface area contributed by atoms with Gasteiger partial charge in [-0.2, -0.15) is 0 Å². The average Bonchev–Trinajstić information content (AvgIpc) is 3.54. The Labute approximate surface area is 204 Å². The molecule has 1 aromatic carbocycles. The number of amides is 3. The number of anilines is 1. The van der Waals surface area contributed by atoms with E-state index in [0.29, 0.717) is 35.7 Å². The zero-order chi connectivity index (χ0) is 23.6. The summed E-state index contributed by atoms with van der Waals surface area (Å²) in [5.41, 5.74) is 0.642. The lowest BCUT2D eigenvalue weighted by Gasteiger charge is -2.27. The lowest BCUT2D eigenvalue weighted by atomic mass is 9.96. The van der Waals surface area contributed by atoms with Crippen molar-refractivity contribution in [3.05, 3.63) is 50.1 Å². The lowest BCUT2D eigenvalue weighted by molar-refractivity contribution is -0.122. The van der Waals surface area contributed by atoms with Crippen LogP contribution in [0.2, 0.25) is 0 Å². The van der Waals surface area contributed by atoms with Crippen molar-refractivity contribution < 1.29 is 24.2 Å². The molecule has 176 valence electrons. The van der Waals surface area contributed by atoms with Gasteiger partial charge in [-0.15, -0.1) is 11.3 Å². The van der Waals surface area contributed by atoms with Gasteiger partial charge in [0, 0.05) is 30.8 Å². The van der Waals surface area contributed by atoms with Gasteiger partial charge in [-0.25, -0.2) is 0 Å². The van der Waals surface area contributed by atoms with Crippen LogP contribution in [0.3, 0.4) is 0 Å². The number of halogens is 1. The number of likely N-dealkylation sites (tertiary alicyclic amines) is 1. The van der Waals surface area contributed by atoms with Crippen molar-refractivity contribution in [1.82, 2.24) is 10.2 Å². The number of nitrogens with one attached hydrogen (secondary N) is 2. The summed E-state index contributed by atoms with van der Waals surface area (Å²) in [4.78, 5) is 41.1. The van der Waals surface area contributed by atoms with Gasteiger partial charge < -0.3 is 25.4 Å². The second-order valence-electron chi connectivity index (χ2n) is 8.40. The van der Waals surface area contributed by atoms with Gasteiger partial charge >= 0.3 is 0 Å². The molecule has 33 heavy (non-hydrogen) atoms. The molecule has 2 aliphatic heterocycles. The first kappa shape index (κ1) is 23.9. The van der Waals surface area contributed by atoms with Crippen molar-refractivity contribution >= 4 is 50.7 Å². The zero-order valence-electron chi connectivity index (χ0n) is 18.2. The summed E-state index contributed by atoms with van der Waals surface area (Å²) < 4.78 is 6.29. The minimum absolute atomic E-state index is 0.0444. The van der Waals surface area contributed by atoms with Crippen molar-refractivity contribution in [3.8, 4) is 0 Å². The Morgan fingerprint density at radius 3 is 2.76 bits per heavy atom. The maximum atomic E-state index is 13.2. The summed E-state index contributed by atoms with van der Waals surface area (Å²) in [5.74, 6) is -0.799. The molecule has 1 unspecified atom stereocenters. The second kappa shape index (κ2) is 9.92. The van der Waals surface area contributed by atoms with Gasteiger partial charge in [0.1, 0.15) is 5.54 Å². The largest absolute Gasteiger partial charge is 0.394 e. The Balaban J connectivity index is 1.48. The van der Waals surface area contributed by atoms with Crippen LogP contribution in [0.15, 0.2) is 34.1 Å². The molecular formula is C23H26BrN3O5S. The number of hydrogen-bond donors (Lipinski definition) is 3. The van der Waals surface area contributed by atoms with E-state index in [2.05, 4.69) is 26.6 Å². The van der Waals surface area contributed by atoms with Gasteiger partial charge in [-0.3, -0.25) is 14.4 Å². The summed E-state index contributed by atoms with van der Waals surface area (Å²) in [5, 5.41) is 15.3. The summed E-state index contributed by atoms with van der Waals surface area (Å²) in [6.45, 7) is 2.86. The van der Waals surface area contributed by atoms with Crippen LogP contribution in [-0.2, 0) is 9.53 Å². The maximum absolute atomic E-state index is 13.2. The molecule has 0 spiro atoms. The molecular weight excluding hydrogens is 510 g/mol. The number of aliphatic hydroxyl groups excluding tert-OH is 1. The van der Waals surface area contributed by atoms with Crippen LogP contribution in [0.25, 0.3) is 0 Å². The molecule has 0 bridgehead atoms. The van der Waals surface area contributed by atoms with E-state index in [9.17, 15) is 19.5 Å². The number of thiophene rings is 1. The maximum Gasteiger partial charge on any atom is 0.262 e. The molecule has 8 nitrogen and oxygen atoms in total. The number of hydrogen-bond acceptors (Lipinski definition) is 6. The van der Waals surface area contributed by atoms with E-state index in [0.717, 1.165) is 22.2 Å². The normalized spacial score (nSPS) is 22.4. The van der Waals surface area contributed by atoms with Crippen molar-refractivity contribution in [2.45, 2.75) is 37.8 Å². The zero-order valence-corrected chi connectivity index (χ0v) is 20.6. The van der Waals surface area contributed by atoms with Crippen LogP contribution in [0.1, 0.15) is 44.9 Å². The minimum atomic E-state index is -1.17. The summed E-state index contributed by atoms with van der Waals surface area (Å²) in [6.07, 6.45) is 2.04. The van der Waals surface area contributed by atoms with Crippen molar-refractivity contribution in [3.63, 3.8) is 0 Å². The molecule has 0 saturated carbocycles. The molecule has 1 aromatic heterocycles. The first-order valence-corrected chi connectivity index (χ1v) is 12.4. The van der Waals surface area contributed by atoms with Crippen LogP contribution in [0.5, 0.6) is 0 Å². The van der Waals surface area contributed by atoms with Gasteiger partial charge in [0.15, 0.2) is 0 Å². The Bertz CT molecular complexity index is 1070. The molecule has 10 heteroatoms. The monoisotopic (exact) mass is 535 g/mol. The minimum Gasteiger partial charge on any atom is -0.394 e. The Morgan fingerprint density at radius 2 is 2.12 bits per heavy atom. The third-order valence-corrected chi connectivity index (χ3v) is 7.79. The van der Waals surface area contributed by atoms with Crippen LogP contribution in [0, 0.1) is 6.92 Å². The fourth-order valence-corrected chi connectivity index (χ4v) is 5.58. The van der Waals surface area contributed by atoms with E-state index < -0.39 is 5.54 Å². The van der Waals surface area contributed by atoms with Crippen LogP contribution < -0.4 is 10.6 Å². The molecule has 3 amide bonds. The fourth-order valence-electron chi connectivity index (χ4n) is 4.29. The molecule has 4 rings (SSSR count). The van der Waals surface area contributed by atoms with Crippen LogP contribution in [0.4, 0.5) is 5.69 Å². The van der Waals surface area contributed by atoms with E-state index in [1.54, 1.807) is 35.2 Å². The highest BCUT2D eigenvalue weighted by atomic mass is 79.9. The number of carbonyl (C=O) groups excluding carboxylic acids is 3. The van der Waals surface area contributed by atoms with Crippen LogP contribution in [-0.4, -0.2) is 65.7 Å². The van der Waals surface area contributed by atoms with Gasteiger partial charge in [0.05, 0.1) is 27.9 Å². The van der Waals surface area contributed by atoms with E-state index in [1.165, 1.54) is 11.3 Å². The number of nitrogens with zero attached hydrogens (tertiary/aromatic N) is 1. The molecule has 2 saturated heterocycles. The topological polar surface area (TPSA) is 108 Å². The highest BCUT2D eigenvalue weighted by molar-refractivity contribution is 9.11. The Morgan fingerprint density at radius 1 is 1.30 bits per heavy atom. The van der Waals surface area contributed by atoms with Gasteiger partial charge in [-0.05, 0) is 71.6 Å². The molecule has 2 fully saturated rings. The second-order valence-corrected chi connectivity index (χ2v) is 10.9. The van der Waals surface area contributed by atoms with E-state index in [1.807, 2.05) is 6.92 Å². The van der Waals surface area contributed by atoms with E-state index >= 15 is 0 Å². The standard InChI is InChI=1S/C23H26BrN3O5S/c1-14-11-15(4-5-17(14)21(30)27-9-2-3-16(27)12-28)25-22(31)23(8-10-32-13-23)26-20(29)18-6-7-19(24)33-18/h4-7,11,16,28H,2-3,8-10,12-13H2,1H3,(H,25,31)(H,26,29)/t16-,23?/m0/s1. The summed E-state index contributed by atoms with van der Waals surface area (Å²) in [6, 6.07) is 8.46. The lowest BCUT2D eigenvalue weighted by Crippen LogP contribution is -2.57. The molecule has 3 N–H and O–H groups in total. The smallest absolute Gasteiger partial charge is 0.262 e. The van der Waals surface area contributed by atoms with Gasteiger partial charge in [-0.1, -0.05) is 0 Å². The van der Waals surface area contributed by atoms with E-state index in [4.69, 9.17) is 4.74 Å². The highest BCUT2D eigenvalue weighted by Gasteiger charge is 2.44. The third kappa shape index (κ3) is 4.98. The van der Waals surface area contributed by atoms with Crippen molar-refractivity contribution in [2.24, 2.45) is 0 Å². The molecule has 0 aliphatic carbocycles. The summed E-state index contributed by atoms with van der Waals surface area (Å²) in [7, 11) is 0. The fraction of sp³-hybridized carbons (Fsp3) is 0.435. The van der Waals surface area contributed by atoms with E-state index in [-0.39, 0.29) is 37.0 Å². The highest BCUT2D eigenvalue weighted by Crippen LogP contribution is 2.27. The first-order chi connectivity index (χ1) is 15.8. The molecule has 2 atom stereocenters. The predicted molar refractivity (Wildman–Crippen MR) is 129 cm³/mol. The van der Waals surface area contributed by atoms with Gasteiger partial charge in [0.2, 0.25) is 0 Å². The van der Waals surface area contributed by atoms with Crippen LogP contribution >= 0.6 is 27.3 Å². The Kier molecular flexibility index (Phi) is 7.18. The van der Waals surface area contributed by atoms with Crippen molar-refractivity contribution in [1.29, 1.82) is 0 Å². The molecule has 2 aromatic rings. The summed E-state index contributed by atoms with van der Waals surface area (Å²) >= 11 is 4.64. The molecule has 2 aliphatic rings. The Hall–Kier alpha value is -2.27. The first-order valence-electron chi connectivity index (χ1n) is 10.8. The SMILES string of the molecule is Cc1cc(NC(=O)C2(NC(=O)c3ccc(Br)s3)CCOC2)ccc1C(=O)N1CCC[C@H]1CO. The number of carbonyl (C=O) groups is 3.